The second kappa shape index (κ2) is 1.71. The predicted molar refractivity (Wildman–Crippen MR) is 34.8 cm³/mol. The molecule has 2 atom stereocenters. The number of carboxylic acids is 1. The Morgan fingerprint density at radius 3 is 2.70 bits per heavy atom. The molecule has 1 unspecified atom stereocenters. The van der Waals surface area contributed by atoms with Crippen molar-refractivity contribution in [1.82, 2.24) is 10.6 Å². The number of fused-ring (bicyclic) bond motifs is 2. The summed E-state index contributed by atoms with van der Waals surface area (Å²) in [6.07, 6.45) is 0.738. The lowest BCUT2D eigenvalue weighted by Gasteiger charge is -2.22. The van der Waals surface area contributed by atoms with Crippen LogP contribution in [0.3, 0.4) is 0 Å². The maximum Gasteiger partial charge on any atom is 0.325 e. The molecule has 3 N–H and O–H groups in total. The zero-order chi connectivity index (χ0) is 7.19. The highest BCUT2D eigenvalue weighted by atomic mass is 16.4. The van der Waals surface area contributed by atoms with Gasteiger partial charge in [-0.2, -0.15) is 0 Å². The quantitative estimate of drug-likeness (QED) is 0.429. The smallest absolute Gasteiger partial charge is 0.325 e. The van der Waals surface area contributed by atoms with Crippen LogP contribution in [0.5, 0.6) is 0 Å². The average molecular weight is 142 g/mol. The van der Waals surface area contributed by atoms with Gasteiger partial charge in [-0.15, -0.1) is 0 Å². The zero-order valence-electron chi connectivity index (χ0n) is 5.55. The van der Waals surface area contributed by atoms with E-state index in [-0.39, 0.29) is 0 Å². The van der Waals surface area contributed by atoms with Crippen LogP contribution in [0, 0.1) is 0 Å². The highest BCUT2D eigenvalue weighted by Crippen LogP contribution is 2.25. The Labute approximate surface area is 58.6 Å². The van der Waals surface area contributed by atoms with Crippen molar-refractivity contribution in [2.24, 2.45) is 0 Å². The van der Waals surface area contributed by atoms with E-state index in [1.54, 1.807) is 0 Å². The fourth-order valence-corrected chi connectivity index (χ4v) is 1.72. The van der Waals surface area contributed by atoms with Crippen LogP contribution in [0.15, 0.2) is 0 Å². The van der Waals surface area contributed by atoms with Crippen molar-refractivity contribution >= 4 is 5.97 Å². The molecule has 2 aliphatic heterocycles. The lowest BCUT2D eigenvalue weighted by atomic mass is 10.0. The summed E-state index contributed by atoms with van der Waals surface area (Å²) in [7, 11) is 0. The Balaban J connectivity index is 2.23. The molecule has 0 aromatic carbocycles. The minimum absolute atomic E-state index is 0.385. The van der Waals surface area contributed by atoms with Gasteiger partial charge in [0.25, 0.3) is 0 Å². The van der Waals surface area contributed by atoms with Gasteiger partial charge in [0.1, 0.15) is 5.54 Å². The molecule has 10 heavy (non-hydrogen) atoms. The topological polar surface area (TPSA) is 61.4 Å². The van der Waals surface area contributed by atoms with Crippen LogP contribution in [0.25, 0.3) is 0 Å². The number of rotatable bonds is 1. The summed E-state index contributed by atoms with van der Waals surface area (Å²) in [5, 5.41) is 14.9. The van der Waals surface area contributed by atoms with Crippen LogP contribution in [0.4, 0.5) is 0 Å². The van der Waals surface area contributed by atoms with Crippen LogP contribution in [0.1, 0.15) is 6.42 Å². The Morgan fingerprint density at radius 1 is 1.70 bits per heavy atom. The van der Waals surface area contributed by atoms with Gasteiger partial charge in [-0.25, -0.2) is 0 Å². The molecule has 0 radical (unpaired) electrons. The van der Waals surface area contributed by atoms with Gasteiger partial charge in [0, 0.05) is 19.1 Å². The van der Waals surface area contributed by atoms with Gasteiger partial charge in [0.15, 0.2) is 0 Å². The minimum Gasteiger partial charge on any atom is -0.480 e. The summed E-state index contributed by atoms with van der Waals surface area (Å²) in [6.45, 7) is 1.37. The first-order chi connectivity index (χ1) is 4.73. The molecule has 2 bridgehead atoms. The monoisotopic (exact) mass is 142 g/mol. The highest BCUT2D eigenvalue weighted by molar-refractivity contribution is 5.80. The summed E-state index contributed by atoms with van der Waals surface area (Å²) in [4.78, 5) is 10.7. The Hall–Kier alpha value is -0.610. The van der Waals surface area contributed by atoms with E-state index in [0.29, 0.717) is 12.6 Å². The maximum absolute atomic E-state index is 10.7. The van der Waals surface area contributed by atoms with Crippen molar-refractivity contribution in [2.75, 3.05) is 13.1 Å². The third-order valence-corrected chi connectivity index (χ3v) is 2.38. The Kier molecular flexibility index (Phi) is 1.04. The molecule has 2 rings (SSSR count). The molecule has 4 heteroatoms. The lowest BCUT2D eigenvalue weighted by molar-refractivity contribution is -0.143. The van der Waals surface area contributed by atoms with Gasteiger partial charge < -0.3 is 10.4 Å². The van der Waals surface area contributed by atoms with Gasteiger partial charge in [0.2, 0.25) is 0 Å². The van der Waals surface area contributed by atoms with E-state index < -0.39 is 11.5 Å². The summed E-state index contributed by atoms with van der Waals surface area (Å²) in [6, 6.07) is 0.385. The fourth-order valence-electron chi connectivity index (χ4n) is 1.72. The molecule has 0 saturated carbocycles. The summed E-state index contributed by atoms with van der Waals surface area (Å²) in [5.74, 6) is -0.722. The third kappa shape index (κ3) is 0.602. The van der Waals surface area contributed by atoms with Crippen molar-refractivity contribution in [3.8, 4) is 0 Å². The second-order valence-electron chi connectivity index (χ2n) is 3.05. The van der Waals surface area contributed by atoms with E-state index in [2.05, 4.69) is 10.6 Å². The van der Waals surface area contributed by atoms with E-state index in [1.165, 1.54) is 0 Å². The summed E-state index contributed by atoms with van der Waals surface area (Å²) in [5.41, 5.74) is -0.634. The molecule has 56 valence electrons. The number of nitrogens with one attached hydrogen (secondary N) is 2. The number of carboxylic acid groups (broad SMARTS) is 1. The molecule has 2 heterocycles. The van der Waals surface area contributed by atoms with Crippen molar-refractivity contribution in [3.63, 3.8) is 0 Å². The number of piperazine rings is 1. The van der Waals surface area contributed by atoms with E-state index in [9.17, 15) is 4.79 Å². The molecule has 0 aromatic heterocycles. The summed E-state index contributed by atoms with van der Waals surface area (Å²) >= 11 is 0. The molecule has 4 nitrogen and oxygen atoms in total. The normalized spacial score (nSPS) is 44.2. The standard InChI is InChI=1S/C6H10N2O2/c9-5(10)6-1-4(2-8-6)7-3-6/h4,7-8H,1-3H2,(H,9,10)/t4-,6?/m0/s1. The predicted octanol–water partition coefficient (Wildman–Crippen LogP) is -1.23. The maximum atomic E-state index is 10.7. The molecular formula is C6H10N2O2. The third-order valence-electron chi connectivity index (χ3n) is 2.38. The Bertz CT molecular complexity index is 173. The van der Waals surface area contributed by atoms with E-state index in [4.69, 9.17) is 5.11 Å². The molecular weight excluding hydrogens is 132 g/mol. The Morgan fingerprint density at radius 2 is 2.50 bits per heavy atom. The largest absolute Gasteiger partial charge is 0.480 e. The molecule has 2 saturated heterocycles. The van der Waals surface area contributed by atoms with Crippen LogP contribution < -0.4 is 10.6 Å². The van der Waals surface area contributed by atoms with Crippen molar-refractivity contribution < 1.29 is 9.90 Å². The molecule has 2 aliphatic rings. The number of carbonyl (C=O) groups is 1. The van der Waals surface area contributed by atoms with Gasteiger partial charge in [-0.3, -0.25) is 10.1 Å². The van der Waals surface area contributed by atoms with Gasteiger partial charge in [0.05, 0.1) is 0 Å². The molecule has 2 fully saturated rings. The van der Waals surface area contributed by atoms with Crippen LogP contribution in [0.2, 0.25) is 0 Å². The van der Waals surface area contributed by atoms with E-state index in [0.717, 1.165) is 13.0 Å². The van der Waals surface area contributed by atoms with Gasteiger partial charge in [-0.1, -0.05) is 0 Å². The van der Waals surface area contributed by atoms with Crippen molar-refractivity contribution in [1.29, 1.82) is 0 Å². The molecule has 0 aromatic rings. The number of hydrogen-bond donors (Lipinski definition) is 3. The number of aliphatic carboxylic acids is 1. The van der Waals surface area contributed by atoms with E-state index >= 15 is 0 Å². The lowest BCUT2D eigenvalue weighted by Crippen LogP contribution is -2.54. The average Bonchev–Trinajstić information content (AvgIpc) is 2.45. The highest BCUT2D eigenvalue weighted by Gasteiger charge is 2.50. The zero-order valence-corrected chi connectivity index (χ0v) is 5.55. The second-order valence-corrected chi connectivity index (χ2v) is 3.05. The van der Waals surface area contributed by atoms with Crippen LogP contribution in [-0.2, 0) is 4.79 Å². The fraction of sp³-hybridized carbons (Fsp3) is 0.833. The minimum atomic E-state index is -0.722. The van der Waals surface area contributed by atoms with E-state index in [1.807, 2.05) is 0 Å². The van der Waals surface area contributed by atoms with Gasteiger partial charge >= 0.3 is 5.97 Å². The van der Waals surface area contributed by atoms with Crippen molar-refractivity contribution in [2.45, 2.75) is 18.0 Å². The first kappa shape index (κ1) is 6.12. The summed E-state index contributed by atoms with van der Waals surface area (Å²) < 4.78 is 0. The number of hydrogen-bond acceptors (Lipinski definition) is 3. The van der Waals surface area contributed by atoms with Gasteiger partial charge in [-0.05, 0) is 6.42 Å². The van der Waals surface area contributed by atoms with Crippen molar-refractivity contribution in [3.05, 3.63) is 0 Å². The molecule has 0 amide bonds. The van der Waals surface area contributed by atoms with Crippen LogP contribution in [-0.4, -0.2) is 35.7 Å². The first-order valence-corrected chi connectivity index (χ1v) is 3.45. The molecule has 0 spiro atoms. The first-order valence-electron chi connectivity index (χ1n) is 3.45. The van der Waals surface area contributed by atoms with Crippen LogP contribution >= 0.6 is 0 Å². The SMILES string of the molecule is O=C(O)C12CN[C@H](CN1)C2. The molecule has 0 aliphatic carbocycles.